The molecule has 9 heteroatoms. The maximum Gasteiger partial charge on any atom is 0.248 e. The van der Waals surface area contributed by atoms with Crippen molar-refractivity contribution in [1.82, 2.24) is 19.9 Å². The topological polar surface area (TPSA) is 110 Å². The van der Waals surface area contributed by atoms with E-state index in [4.69, 9.17) is 14.6 Å². The van der Waals surface area contributed by atoms with Crippen LogP contribution in [0.4, 0.5) is 11.5 Å². The van der Waals surface area contributed by atoms with E-state index in [1.54, 1.807) is 13.2 Å². The molecule has 0 aliphatic rings. The summed E-state index contributed by atoms with van der Waals surface area (Å²) in [5, 5.41) is 13.2. The van der Waals surface area contributed by atoms with Gasteiger partial charge in [-0.15, -0.1) is 0 Å². The normalized spacial score (nSPS) is 11.7. The van der Waals surface area contributed by atoms with Crippen LogP contribution in [0.1, 0.15) is 18.2 Å². The minimum atomic E-state index is -0.538. The number of anilines is 2. The molecule has 0 spiro atoms. The molecule has 0 fully saturated rings. The Morgan fingerprint density at radius 2 is 1.92 bits per heavy atom. The molecule has 1 amide bonds. The molecule has 0 saturated carbocycles. The van der Waals surface area contributed by atoms with Gasteiger partial charge in [-0.05, 0) is 61.9 Å². The lowest BCUT2D eigenvalue weighted by molar-refractivity contribution is -0.135. The lowest BCUT2D eigenvalue weighted by Gasteiger charge is -2.24. The second kappa shape index (κ2) is 11.5. The number of aromatic nitrogens is 3. The van der Waals surface area contributed by atoms with Crippen LogP contribution in [0.2, 0.25) is 0 Å². The first-order valence-corrected chi connectivity index (χ1v) is 11.6. The highest BCUT2D eigenvalue weighted by Crippen LogP contribution is 2.32. The van der Waals surface area contributed by atoms with Crippen molar-refractivity contribution in [3.05, 3.63) is 78.4 Å². The molecule has 0 aliphatic carbocycles. The van der Waals surface area contributed by atoms with Crippen LogP contribution in [0.3, 0.4) is 0 Å². The van der Waals surface area contributed by atoms with Crippen LogP contribution in [0.5, 0.6) is 11.5 Å². The molecule has 0 saturated heterocycles. The van der Waals surface area contributed by atoms with Crippen molar-refractivity contribution in [2.24, 2.45) is 0 Å². The highest BCUT2D eigenvalue weighted by molar-refractivity contribution is 5.95. The van der Waals surface area contributed by atoms with Crippen molar-refractivity contribution in [3.63, 3.8) is 0 Å². The van der Waals surface area contributed by atoms with E-state index < -0.39 is 6.61 Å². The summed E-state index contributed by atoms with van der Waals surface area (Å²) in [6.07, 6.45) is 3.25. The van der Waals surface area contributed by atoms with Crippen molar-refractivity contribution in [2.75, 3.05) is 25.6 Å². The fourth-order valence-electron chi connectivity index (χ4n) is 3.63. The number of hydrogen-bond acceptors (Lipinski definition) is 8. The van der Waals surface area contributed by atoms with Gasteiger partial charge in [0.2, 0.25) is 5.91 Å². The van der Waals surface area contributed by atoms with Crippen molar-refractivity contribution in [2.45, 2.75) is 26.5 Å². The monoisotopic (exact) mass is 487 g/mol. The van der Waals surface area contributed by atoms with E-state index in [1.807, 2.05) is 68.4 Å². The van der Waals surface area contributed by atoms with Crippen LogP contribution in [0, 0.1) is 6.92 Å². The van der Waals surface area contributed by atoms with Gasteiger partial charge in [0.15, 0.2) is 0 Å². The predicted octanol–water partition coefficient (Wildman–Crippen LogP) is 3.87. The van der Waals surface area contributed by atoms with Gasteiger partial charge in [-0.25, -0.2) is 9.97 Å². The molecule has 4 rings (SSSR count). The van der Waals surface area contributed by atoms with Gasteiger partial charge in [0.1, 0.15) is 43.5 Å². The Balaban J connectivity index is 1.51. The maximum absolute atomic E-state index is 11.8. The molecule has 1 atom stereocenters. The number of likely N-dealkylation sites (N-methyl/N-ethyl adjacent to an activating group) is 1. The average molecular weight is 488 g/mol. The van der Waals surface area contributed by atoms with Crippen LogP contribution in [0.15, 0.2) is 67.1 Å². The van der Waals surface area contributed by atoms with Crippen LogP contribution in [0.25, 0.3) is 10.9 Å². The quantitative estimate of drug-likeness (QED) is 0.347. The van der Waals surface area contributed by atoms with Gasteiger partial charge in [0.25, 0.3) is 0 Å². The van der Waals surface area contributed by atoms with Gasteiger partial charge in [-0.1, -0.05) is 12.1 Å². The lowest BCUT2D eigenvalue weighted by Crippen LogP contribution is -2.40. The summed E-state index contributed by atoms with van der Waals surface area (Å²) in [5.41, 5.74) is 3.40. The average Bonchev–Trinajstić information content (AvgIpc) is 2.91. The number of ether oxygens (including phenoxy) is 2. The zero-order chi connectivity index (χ0) is 25.5. The molecule has 0 bridgehead atoms. The third-order valence-electron chi connectivity index (χ3n) is 5.83. The minimum Gasteiger partial charge on any atom is -0.491 e. The number of benzene rings is 2. The smallest absolute Gasteiger partial charge is 0.248 e. The molecule has 186 valence electrons. The number of aliphatic hydroxyl groups is 1. The van der Waals surface area contributed by atoms with Gasteiger partial charge in [0.05, 0.1) is 22.6 Å². The van der Waals surface area contributed by atoms with E-state index >= 15 is 0 Å². The number of carbonyl (C=O) groups excluding carboxylic acids is 1. The number of hydrogen-bond donors (Lipinski definition) is 2. The van der Waals surface area contributed by atoms with Gasteiger partial charge >= 0.3 is 0 Å². The van der Waals surface area contributed by atoms with Crippen LogP contribution in [-0.4, -0.2) is 57.2 Å². The number of aliphatic hydroxyl groups excluding tert-OH is 1. The molecule has 36 heavy (non-hydrogen) atoms. The molecule has 1 unspecified atom stereocenters. The summed E-state index contributed by atoms with van der Waals surface area (Å²) in [5.74, 6) is 1.61. The van der Waals surface area contributed by atoms with E-state index in [-0.39, 0.29) is 18.6 Å². The van der Waals surface area contributed by atoms with E-state index in [2.05, 4.69) is 20.3 Å². The first-order chi connectivity index (χ1) is 17.5. The zero-order valence-electron chi connectivity index (χ0n) is 20.5. The highest BCUT2D eigenvalue weighted by atomic mass is 16.5. The number of fused-ring (bicyclic) bond motifs is 1. The summed E-state index contributed by atoms with van der Waals surface area (Å²) in [4.78, 5) is 26.4. The zero-order valence-corrected chi connectivity index (χ0v) is 20.5. The summed E-state index contributed by atoms with van der Waals surface area (Å²) in [6.45, 7) is 3.94. The van der Waals surface area contributed by atoms with E-state index in [1.165, 1.54) is 11.2 Å². The Kier molecular flexibility index (Phi) is 7.92. The molecule has 2 aromatic carbocycles. The Hall–Kier alpha value is -4.24. The van der Waals surface area contributed by atoms with Gasteiger partial charge in [-0.2, -0.15) is 0 Å². The summed E-state index contributed by atoms with van der Waals surface area (Å²) in [7, 11) is 1.64. The first-order valence-electron chi connectivity index (χ1n) is 11.6. The number of carbonyl (C=O) groups is 1. The number of amides is 1. The molecular formula is C27H29N5O4. The molecule has 2 aromatic heterocycles. The number of nitrogens with one attached hydrogen (secondary N) is 1. The SMILES string of the molecule is Cc1cc(Nc2ncnc3cccc(OCC(C)N(C)C(=O)CO)c23)ccc1OCc1ccccn1. The summed E-state index contributed by atoms with van der Waals surface area (Å²) >= 11 is 0. The molecule has 4 aromatic rings. The van der Waals surface area contributed by atoms with E-state index in [0.717, 1.165) is 33.6 Å². The van der Waals surface area contributed by atoms with E-state index in [9.17, 15) is 4.79 Å². The van der Waals surface area contributed by atoms with Crippen molar-refractivity contribution < 1.29 is 19.4 Å². The Labute approximate surface area is 209 Å². The van der Waals surface area contributed by atoms with E-state index in [0.29, 0.717) is 18.2 Å². The highest BCUT2D eigenvalue weighted by Gasteiger charge is 2.17. The summed E-state index contributed by atoms with van der Waals surface area (Å²) < 4.78 is 12.0. The molecule has 9 nitrogen and oxygen atoms in total. The molecule has 2 N–H and O–H groups in total. The number of aryl methyl sites for hydroxylation is 1. The maximum atomic E-state index is 11.8. The second-order valence-corrected chi connectivity index (χ2v) is 8.41. The largest absolute Gasteiger partial charge is 0.491 e. The van der Waals surface area contributed by atoms with Crippen molar-refractivity contribution in [1.29, 1.82) is 0 Å². The number of rotatable bonds is 10. The molecule has 0 radical (unpaired) electrons. The third kappa shape index (κ3) is 5.87. The second-order valence-electron chi connectivity index (χ2n) is 8.41. The number of pyridine rings is 1. The third-order valence-corrected chi connectivity index (χ3v) is 5.83. The molecule has 2 heterocycles. The standard InChI is InChI=1S/C27H29N5O4/c1-18-13-20(10-11-23(18)36-16-21-7-4-5-12-28-21)31-27-26-22(29-17-30-27)8-6-9-24(26)35-15-19(2)32(3)25(34)14-33/h4-13,17,19,33H,14-16H2,1-3H3,(H,29,30,31). The van der Waals surface area contributed by atoms with Crippen LogP contribution < -0.4 is 14.8 Å². The molecular weight excluding hydrogens is 458 g/mol. The molecule has 0 aliphatic heterocycles. The van der Waals surface area contributed by atoms with Crippen molar-refractivity contribution >= 4 is 28.3 Å². The fraction of sp³-hybridized carbons (Fsp3) is 0.259. The van der Waals surface area contributed by atoms with Gasteiger partial charge < -0.3 is 24.8 Å². The number of nitrogens with zero attached hydrogens (tertiary/aromatic N) is 4. The summed E-state index contributed by atoms with van der Waals surface area (Å²) in [6, 6.07) is 16.9. The Morgan fingerprint density at radius 1 is 1.06 bits per heavy atom. The van der Waals surface area contributed by atoms with Crippen LogP contribution in [-0.2, 0) is 11.4 Å². The Morgan fingerprint density at radius 3 is 2.67 bits per heavy atom. The first kappa shape index (κ1) is 24.9. The predicted molar refractivity (Wildman–Crippen MR) is 137 cm³/mol. The van der Waals surface area contributed by atoms with Crippen molar-refractivity contribution in [3.8, 4) is 11.5 Å². The van der Waals surface area contributed by atoms with Crippen LogP contribution >= 0.6 is 0 Å². The van der Waals surface area contributed by atoms with Gasteiger partial charge in [-0.3, -0.25) is 9.78 Å². The Bertz CT molecular complexity index is 1330. The lowest BCUT2D eigenvalue weighted by atomic mass is 10.1. The van der Waals surface area contributed by atoms with Gasteiger partial charge in [0, 0.05) is 18.9 Å². The minimum absolute atomic E-state index is 0.234. The fourth-order valence-corrected chi connectivity index (χ4v) is 3.63.